The van der Waals surface area contributed by atoms with Gasteiger partial charge in [0.25, 0.3) is 0 Å². The Hall–Kier alpha value is 0.144. The Kier molecular flexibility index (Phi) is 7.51. The molecule has 0 aromatic carbocycles. The summed E-state index contributed by atoms with van der Waals surface area (Å²) in [6.45, 7) is 6.25. The molecule has 0 aromatic rings. The molecule has 2 atom stereocenters. The van der Waals surface area contributed by atoms with E-state index in [1.807, 2.05) is 0 Å². The van der Waals surface area contributed by atoms with E-state index < -0.39 is 0 Å². The smallest absolute Gasteiger partial charge is 0.327 e. The van der Waals surface area contributed by atoms with Crippen molar-refractivity contribution >= 4 is 0 Å². The van der Waals surface area contributed by atoms with Crippen molar-refractivity contribution in [3.8, 4) is 11.8 Å². The predicted molar refractivity (Wildman–Crippen MR) is 57.8 cm³/mol. The van der Waals surface area contributed by atoms with Crippen LogP contribution in [0.25, 0.3) is 0 Å². The summed E-state index contributed by atoms with van der Waals surface area (Å²) < 4.78 is 0. The first-order chi connectivity index (χ1) is 6.20. The van der Waals surface area contributed by atoms with Gasteiger partial charge >= 0.3 is 18.6 Å². The summed E-state index contributed by atoms with van der Waals surface area (Å²) in [7, 11) is 0. The summed E-state index contributed by atoms with van der Waals surface area (Å²) >= 11 is 0. The molecule has 0 aliphatic heterocycles. The first-order valence-corrected chi connectivity index (χ1v) is 5.27. The molecule has 2 aliphatic rings. The van der Waals surface area contributed by atoms with E-state index in [0.717, 1.165) is 24.7 Å². The Morgan fingerprint density at radius 3 is 1.71 bits per heavy atom. The summed E-state index contributed by atoms with van der Waals surface area (Å²) in [6.07, 6.45) is 7.40. The third-order valence-electron chi connectivity index (χ3n) is 2.23. The molecule has 1 radical (unpaired) electrons. The average Bonchev–Trinajstić information content (AvgIpc) is 2.64. The van der Waals surface area contributed by atoms with Crippen LogP contribution in [0.5, 0.6) is 0 Å². The van der Waals surface area contributed by atoms with Crippen LogP contribution < -0.4 is 0 Å². The van der Waals surface area contributed by atoms with Crippen LogP contribution in [-0.4, -0.2) is 0 Å². The number of hydrogen-bond acceptors (Lipinski definition) is 0. The van der Waals surface area contributed by atoms with Gasteiger partial charge in [0.1, 0.15) is 0 Å². The molecule has 1 heteroatoms. The van der Waals surface area contributed by atoms with Gasteiger partial charge < -0.3 is 12.3 Å². The molecular formula is C13H20V. The van der Waals surface area contributed by atoms with Crippen LogP contribution in [0.2, 0.25) is 0 Å². The molecule has 0 saturated heterocycles. The molecule has 2 aliphatic carbocycles. The standard InChI is InChI=1S/C9H11.C4H9.V/c1-2-4-6-9-7-8(9)5-3-1;1-4(2)3;/h7-9H,3-6H2;1-3H3;/q2*-1;+2. The van der Waals surface area contributed by atoms with Gasteiger partial charge in [0.2, 0.25) is 0 Å². The minimum absolute atomic E-state index is 0. The van der Waals surface area contributed by atoms with E-state index in [4.69, 9.17) is 0 Å². The monoisotopic (exact) mass is 227 g/mol. The fourth-order valence-electron chi connectivity index (χ4n) is 1.53. The number of fused-ring (bicyclic) bond motifs is 1. The van der Waals surface area contributed by atoms with Gasteiger partial charge in [-0.3, -0.25) is 0 Å². The molecule has 1 fully saturated rings. The van der Waals surface area contributed by atoms with Gasteiger partial charge in [-0.1, -0.05) is 12.8 Å². The minimum Gasteiger partial charge on any atom is -0.327 e. The van der Waals surface area contributed by atoms with Gasteiger partial charge in [-0.2, -0.15) is 32.6 Å². The van der Waals surface area contributed by atoms with Crippen LogP contribution in [0.15, 0.2) is 0 Å². The first-order valence-electron chi connectivity index (χ1n) is 5.27. The van der Waals surface area contributed by atoms with E-state index in [1.165, 1.54) is 18.8 Å². The molecule has 0 aromatic heterocycles. The van der Waals surface area contributed by atoms with Crippen LogP contribution in [-0.2, 0) is 18.6 Å². The molecule has 0 spiro atoms. The van der Waals surface area contributed by atoms with E-state index in [9.17, 15) is 0 Å². The fraction of sp³-hybridized carbons (Fsp3) is 0.692. The van der Waals surface area contributed by atoms with Crippen LogP contribution in [0.1, 0.15) is 46.5 Å². The molecule has 77 valence electrons. The van der Waals surface area contributed by atoms with Crippen molar-refractivity contribution in [3.63, 3.8) is 0 Å². The summed E-state index contributed by atoms with van der Waals surface area (Å²) in [4.78, 5) is 0. The molecule has 0 bridgehead atoms. The van der Waals surface area contributed by atoms with Gasteiger partial charge in [0, 0.05) is 12.8 Å². The third kappa shape index (κ3) is 6.58. The zero-order chi connectivity index (χ0) is 9.68. The normalized spacial score (nSPS) is 27.7. The summed E-state index contributed by atoms with van der Waals surface area (Å²) in [5.74, 6) is 9.68. The number of hydrogen-bond donors (Lipinski definition) is 0. The fourth-order valence-corrected chi connectivity index (χ4v) is 1.53. The van der Waals surface area contributed by atoms with Crippen LogP contribution in [0.4, 0.5) is 0 Å². The van der Waals surface area contributed by atoms with E-state index in [2.05, 4.69) is 39.0 Å². The van der Waals surface area contributed by atoms with Gasteiger partial charge in [0.05, 0.1) is 0 Å². The molecule has 2 unspecified atom stereocenters. The molecule has 1 saturated carbocycles. The Morgan fingerprint density at radius 1 is 1.00 bits per heavy atom. The van der Waals surface area contributed by atoms with Gasteiger partial charge in [0.15, 0.2) is 0 Å². The van der Waals surface area contributed by atoms with Crippen molar-refractivity contribution in [2.45, 2.75) is 46.5 Å². The van der Waals surface area contributed by atoms with Gasteiger partial charge in [-0.25, -0.2) is 0 Å². The third-order valence-corrected chi connectivity index (χ3v) is 2.23. The second-order valence-corrected chi connectivity index (χ2v) is 4.45. The summed E-state index contributed by atoms with van der Waals surface area (Å²) in [6, 6.07) is 0. The second-order valence-electron chi connectivity index (χ2n) is 4.45. The van der Waals surface area contributed by atoms with Gasteiger partial charge in [-0.15, -0.1) is 11.8 Å². The largest absolute Gasteiger partial charge is 2.00 e. The van der Waals surface area contributed by atoms with E-state index >= 15 is 0 Å². The number of rotatable bonds is 0. The molecule has 0 N–H and O–H groups in total. The van der Waals surface area contributed by atoms with E-state index in [0.29, 0.717) is 0 Å². The molecule has 0 amide bonds. The Morgan fingerprint density at radius 2 is 1.36 bits per heavy atom. The van der Waals surface area contributed by atoms with E-state index in [-0.39, 0.29) is 18.6 Å². The average molecular weight is 227 g/mol. The quantitative estimate of drug-likeness (QED) is 0.438. The van der Waals surface area contributed by atoms with Crippen LogP contribution in [0.3, 0.4) is 0 Å². The maximum atomic E-state index is 3.17. The molecule has 2 rings (SSSR count). The Bertz CT molecular complexity index is 178. The zero-order valence-electron chi connectivity index (χ0n) is 9.51. The van der Waals surface area contributed by atoms with Crippen molar-refractivity contribution in [1.29, 1.82) is 0 Å². The van der Waals surface area contributed by atoms with Gasteiger partial charge in [-0.05, 0) is 0 Å². The maximum Gasteiger partial charge on any atom is 2.00 e. The molecule has 0 nitrogen and oxygen atoms in total. The van der Waals surface area contributed by atoms with Crippen molar-refractivity contribution in [3.05, 3.63) is 12.3 Å². The first kappa shape index (κ1) is 14.1. The van der Waals surface area contributed by atoms with E-state index in [1.54, 1.807) is 0 Å². The summed E-state index contributed by atoms with van der Waals surface area (Å²) in [5, 5.41) is 0. The van der Waals surface area contributed by atoms with Crippen LogP contribution in [0, 0.1) is 36.0 Å². The maximum absolute atomic E-state index is 3.17. The second kappa shape index (κ2) is 7.44. The van der Waals surface area contributed by atoms with Crippen molar-refractivity contribution in [2.24, 2.45) is 11.8 Å². The van der Waals surface area contributed by atoms with Crippen LogP contribution >= 0.6 is 0 Å². The van der Waals surface area contributed by atoms with Crippen molar-refractivity contribution in [2.75, 3.05) is 0 Å². The molecule has 0 heterocycles. The molecular weight excluding hydrogens is 207 g/mol. The zero-order valence-corrected chi connectivity index (χ0v) is 10.9. The minimum atomic E-state index is 0. The topological polar surface area (TPSA) is 0 Å². The molecule has 14 heavy (non-hydrogen) atoms. The SMILES string of the molecule is C1#CCCC2[CH-]C2CC1.C[C-](C)C.[V+2]. The Labute approximate surface area is 101 Å². The van der Waals surface area contributed by atoms with Crippen molar-refractivity contribution < 1.29 is 18.6 Å². The van der Waals surface area contributed by atoms with Crippen molar-refractivity contribution in [1.82, 2.24) is 0 Å². The summed E-state index contributed by atoms with van der Waals surface area (Å²) in [5.41, 5.74) is 0. The Balaban J connectivity index is 0.000000299. The predicted octanol–water partition coefficient (Wildman–Crippen LogP) is 3.63.